The second kappa shape index (κ2) is 9.25. The third-order valence-electron chi connectivity index (χ3n) is 4.21. The number of aromatic nitrogens is 1. The van der Waals surface area contributed by atoms with Crippen LogP contribution in [0.3, 0.4) is 0 Å². The second-order valence-electron chi connectivity index (χ2n) is 5.91. The molecule has 0 unspecified atom stereocenters. The summed E-state index contributed by atoms with van der Waals surface area (Å²) in [5.41, 5.74) is 2.81. The molecule has 0 saturated heterocycles. The van der Waals surface area contributed by atoms with E-state index in [-0.39, 0.29) is 0 Å². The molecule has 0 radical (unpaired) electrons. The molecule has 1 aromatic heterocycles. The Balaban J connectivity index is 2.08. The predicted molar refractivity (Wildman–Crippen MR) is 114 cm³/mol. The fraction of sp³-hybridized carbons (Fsp3) is 0.182. The van der Waals surface area contributed by atoms with Crippen LogP contribution in [0.25, 0.3) is 22.9 Å². The van der Waals surface area contributed by atoms with Crippen molar-refractivity contribution in [3.05, 3.63) is 58.4 Å². The molecular weight excluding hydrogens is 390 g/mol. The Hall–Kier alpha value is -3.32. The van der Waals surface area contributed by atoms with Crippen LogP contribution in [-0.4, -0.2) is 39.4 Å². The summed E-state index contributed by atoms with van der Waals surface area (Å²) in [6.07, 6.45) is 1.70. The molecule has 0 bridgehead atoms. The molecule has 0 aliphatic carbocycles. The topological polar surface area (TPSA) is 66.9 Å². The van der Waals surface area contributed by atoms with Crippen molar-refractivity contribution in [2.75, 3.05) is 28.4 Å². The zero-order valence-electron chi connectivity index (χ0n) is 16.6. The highest BCUT2D eigenvalue weighted by molar-refractivity contribution is 7.11. The van der Waals surface area contributed by atoms with Gasteiger partial charge in [-0.3, -0.25) is 0 Å². The molecule has 0 atom stereocenters. The summed E-state index contributed by atoms with van der Waals surface area (Å²) in [6.45, 7) is 0. The van der Waals surface area contributed by atoms with E-state index in [4.69, 9.17) is 18.9 Å². The zero-order valence-corrected chi connectivity index (χ0v) is 17.4. The molecule has 0 fully saturated rings. The number of esters is 1. The van der Waals surface area contributed by atoms with E-state index in [1.165, 1.54) is 25.6 Å². The van der Waals surface area contributed by atoms with Crippen molar-refractivity contribution in [2.45, 2.75) is 0 Å². The normalized spacial score (nSPS) is 11.1. The summed E-state index contributed by atoms with van der Waals surface area (Å²) in [7, 11) is 5.96. The molecule has 150 valence electrons. The minimum absolute atomic E-state index is 0.342. The van der Waals surface area contributed by atoms with Crippen molar-refractivity contribution in [1.82, 2.24) is 4.98 Å². The molecule has 3 aromatic rings. The lowest BCUT2D eigenvalue weighted by atomic mass is 10.1. The highest BCUT2D eigenvalue weighted by Crippen LogP contribution is 2.39. The third-order valence-corrected chi connectivity index (χ3v) is 5.08. The Morgan fingerprint density at radius 1 is 0.966 bits per heavy atom. The van der Waals surface area contributed by atoms with Gasteiger partial charge in [0, 0.05) is 10.9 Å². The highest BCUT2D eigenvalue weighted by Gasteiger charge is 2.19. The molecular formula is C22H21NO5S. The average molecular weight is 411 g/mol. The van der Waals surface area contributed by atoms with E-state index >= 15 is 0 Å². The minimum atomic E-state index is -0.479. The number of ether oxygens (including phenoxy) is 4. The highest BCUT2D eigenvalue weighted by atomic mass is 32.1. The molecule has 0 spiro atoms. The molecule has 7 heteroatoms. The van der Waals surface area contributed by atoms with Crippen LogP contribution in [0.5, 0.6) is 17.2 Å². The van der Waals surface area contributed by atoms with E-state index in [2.05, 4.69) is 4.98 Å². The molecule has 0 amide bonds. The molecule has 0 aliphatic heterocycles. The van der Waals surface area contributed by atoms with Crippen LogP contribution in [0.2, 0.25) is 0 Å². The lowest BCUT2D eigenvalue weighted by Crippen LogP contribution is -2.04. The predicted octanol–water partition coefficient (Wildman–Crippen LogP) is 4.55. The van der Waals surface area contributed by atoms with Crippen molar-refractivity contribution in [3.8, 4) is 28.5 Å². The van der Waals surface area contributed by atoms with Crippen LogP contribution in [0.4, 0.5) is 0 Å². The lowest BCUT2D eigenvalue weighted by Gasteiger charge is -2.13. The van der Waals surface area contributed by atoms with Gasteiger partial charge in [0.2, 0.25) is 5.75 Å². The molecule has 0 aliphatic rings. The van der Waals surface area contributed by atoms with E-state index in [1.807, 2.05) is 35.7 Å². The molecule has 3 rings (SSSR count). The number of hydrogen-bond donors (Lipinski definition) is 0. The standard InChI is InChI=1S/C22H21NO5S/c1-25-18-11-14(12-19(26-2)20(18)27-3)10-16(22(24)28-4)21-23-17(13-29-21)15-8-6-5-7-9-15/h5-13H,1-4H3/b16-10-. The number of nitrogens with zero attached hydrogens (tertiary/aromatic N) is 1. The first-order valence-corrected chi connectivity index (χ1v) is 9.60. The first kappa shape index (κ1) is 20.4. The van der Waals surface area contributed by atoms with Gasteiger partial charge in [-0.1, -0.05) is 30.3 Å². The van der Waals surface area contributed by atoms with Crippen LogP contribution >= 0.6 is 11.3 Å². The minimum Gasteiger partial charge on any atom is -0.493 e. The number of rotatable bonds is 7. The van der Waals surface area contributed by atoms with Gasteiger partial charge in [-0.15, -0.1) is 11.3 Å². The summed E-state index contributed by atoms with van der Waals surface area (Å²) >= 11 is 1.38. The number of methoxy groups -OCH3 is 4. The third kappa shape index (κ3) is 4.41. The summed E-state index contributed by atoms with van der Waals surface area (Å²) in [5.74, 6) is 0.984. The summed E-state index contributed by atoms with van der Waals surface area (Å²) in [6, 6.07) is 13.3. The molecule has 0 N–H and O–H groups in total. The summed E-state index contributed by atoms with van der Waals surface area (Å²) < 4.78 is 21.1. The number of hydrogen-bond acceptors (Lipinski definition) is 7. The van der Waals surface area contributed by atoms with E-state index in [1.54, 1.807) is 32.4 Å². The quantitative estimate of drug-likeness (QED) is 0.420. The van der Waals surface area contributed by atoms with Crippen molar-refractivity contribution in [3.63, 3.8) is 0 Å². The fourth-order valence-electron chi connectivity index (χ4n) is 2.81. The average Bonchev–Trinajstić information content (AvgIpc) is 3.26. The maximum Gasteiger partial charge on any atom is 0.340 e. The van der Waals surface area contributed by atoms with Gasteiger partial charge in [0.05, 0.1) is 39.7 Å². The Morgan fingerprint density at radius 3 is 2.17 bits per heavy atom. The first-order valence-electron chi connectivity index (χ1n) is 8.72. The van der Waals surface area contributed by atoms with E-state index < -0.39 is 5.97 Å². The smallest absolute Gasteiger partial charge is 0.340 e. The van der Waals surface area contributed by atoms with Gasteiger partial charge in [0.1, 0.15) is 5.01 Å². The number of carbonyl (C=O) groups excluding carboxylic acids is 1. The van der Waals surface area contributed by atoms with Gasteiger partial charge in [0.15, 0.2) is 11.5 Å². The molecule has 6 nitrogen and oxygen atoms in total. The van der Waals surface area contributed by atoms with E-state index in [9.17, 15) is 4.79 Å². The van der Waals surface area contributed by atoms with Crippen molar-refractivity contribution in [1.29, 1.82) is 0 Å². The molecule has 29 heavy (non-hydrogen) atoms. The first-order chi connectivity index (χ1) is 14.1. The van der Waals surface area contributed by atoms with Gasteiger partial charge >= 0.3 is 5.97 Å². The van der Waals surface area contributed by atoms with E-state index in [0.29, 0.717) is 33.4 Å². The summed E-state index contributed by atoms with van der Waals surface area (Å²) in [4.78, 5) is 17.1. The molecule has 2 aromatic carbocycles. The van der Waals surface area contributed by atoms with E-state index in [0.717, 1.165) is 11.3 Å². The molecule has 0 saturated carbocycles. The van der Waals surface area contributed by atoms with Gasteiger partial charge in [-0.2, -0.15) is 0 Å². The van der Waals surface area contributed by atoms with Crippen molar-refractivity contribution in [2.24, 2.45) is 0 Å². The Bertz CT molecular complexity index is 1000. The number of thiazole rings is 1. The van der Waals surface area contributed by atoms with Crippen molar-refractivity contribution >= 4 is 29.0 Å². The lowest BCUT2D eigenvalue weighted by molar-refractivity contribution is -0.133. The van der Waals surface area contributed by atoms with Crippen LogP contribution < -0.4 is 14.2 Å². The van der Waals surface area contributed by atoms with Gasteiger partial charge in [-0.05, 0) is 23.8 Å². The Morgan fingerprint density at radius 2 is 1.62 bits per heavy atom. The zero-order chi connectivity index (χ0) is 20.8. The second-order valence-corrected chi connectivity index (χ2v) is 6.77. The van der Waals surface area contributed by atoms with Gasteiger partial charge in [-0.25, -0.2) is 9.78 Å². The van der Waals surface area contributed by atoms with Gasteiger partial charge in [0.25, 0.3) is 0 Å². The maximum atomic E-state index is 12.5. The Kier molecular flexibility index (Phi) is 6.51. The number of benzene rings is 2. The SMILES string of the molecule is COC(=O)/C(=C\c1cc(OC)c(OC)c(OC)c1)c1nc(-c2ccccc2)cs1. The van der Waals surface area contributed by atoms with Crippen LogP contribution in [0, 0.1) is 0 Å². The largest absolute Gasteiger partial charge is 0.493 e. The number of carbonyl (C=O) groups is 1. The van der Waals surface area contributed by atoms with Crippen LogP contribution in [-0.2, 0) is 9.53 Å². The fourth-order valence-corrected chi connectivity index (χ4v) is 3.64. The van der Waals surface area contributed by atoms with Crippen LogP contribution in [0.15, 0.2) is 47.8 Å². The summed E-state index contributed by atoms with van der Waals surface area (Å²) in [5, 5.41) is 2.47. The van der Waals surface area contributed by atoms with Crippen LogP contribution in [0.1, 0.15) is 10.6 Å². The van der Waals surface area contributed by atoms with Gasteiger partial charge < -0.3 is 18.9 Å². The maximum absolute atomic E-state index is 12.5. The molecule has 1 heterocycles. The van der Waals surface area contributed by atoms with Crippen molar-refractivity contribution < 1.29 is 23.7 Å². The monoisotopic (exact) mass is 411 g/mol. The Labute approximate surface area is 173 Å².